The molecule has 0 atom stereocenters. The molecule has 2 aromatic heterocycles. The number of aromatic nitrogens is 3. The topological polar surface area (TPSA) is 106 Å². The molecule has 0 fully saturated rings. The van der Waals surface area contributed by atoms with E-state index in [2.05, 4.69) is 24.9 Å². The number of aliphatic imine (C=N–C) groups is 1. The Morgan fingerprint density at radius 2 is 2.00 bits per heavy atom. The highest BCUT2D eigenvalue weighted by atomic mass is 32.2. The standard InChI is InChI=1S/C26H23F2N5O3S/c1-29-26(36-2)25(33-37(34,35)21-6-5-19(27)14-20(28)15-21)8-4-17-3-7-24-23(13-17)22(10-11-30-24)18-9-12-31-32-16-18/h3,5-14,16,33H,4,15H2,1-2H3/b25-8+,29-26?. The van der Waals surface area contributed by atoms with Crippen molar-refractivity contribution in [3.05, 3.63) is 101 Å². The molecule has 11 heteroatoms. The van der Waals surface area contributed by atoms with Crippen molar-refractivity contribution >= 4 is 26.8 Å². The lowest BCUT2D eigenvalue weighted by molar-refractivity contribution is 0.401. The summed E-state index contributed by atoms with van der Waals surface area (Å²) < 4.78 is 61.2. The Morgan fingerprint density at radius 3 is 2.73 bits per heavy atom. The number of halogens is 2. The van der Waals surface area contributed by atoms with Gasteiger partial charge in [-0.25, -0.2) is 17.2 Å². The van der Waals surface area contributed by atoms with E-state index in [4.69, 9.17) is 4.74 Å². The first-order valence-corrected chi connectivity index (χ1v) is 12.6. The minimum Gasteiger partial charge on any atom is -0.480 e. The Hall–Kier alpha value is -4.25. The fourth-order valence-electron chi connectivity index (χ4n) is 3.78. The van der Waals surface area contributed by atoms with Gasteiger partial charge in [0.05, 0.1) is 29.9 Å². The molecular formula is C26H23F2N5O3S. The Balaban J connectivity index is 1.68. The maximum Gasteiger partial charge on any atom is 0.258 e. The van der Waals surface area contributed by atoms with E-state index in [1.165, 1.54) is 14.2 Å². The van der Waals surface area contributed by atoms with Crippen molar-refractivity contribution in [1.82, 2.24) is 19.9 Å². The normalized spacial score (nSPS) is 15.0. The molecule has 0 bridgehead atoms. The number of benzene rings is 1. The molecule has 1 aromatic carbocycles. The lowest BCUT2D eigenvalue weighted by Gasteiger charge is -2.15. The molecule has 4 rings (SSSR count). The molecule has 1 N–H and O–H groups in total. The number of sulfonamides is 1. The van der Waals surface area contributed by atoms with Gasteiger partial charge in [0.1, 0.15) is 17.4 Å². The average molecular weight is 524 g/mol. The predicted octanol–water partition coefficient (Wildman–Crippen LogP) is 4.71. The highest BCUT2D eigenvalue weighted by Gasteiger charge is 2.23. The zero-order chi connectivity index (χ0) is 26.4. The van der Waals surface area contributed by atoms with Gasteiger partial charge >= 0.3 is 0 Å². The summed E-state index contributed by atoms with van der Waals surface area (Å²) >= 11 is 0. The summed E-state index contributed by atoms with van der Waals surface area (Å²) in [7, 11) is -1.44. The SMILES string of the molecule is CN=C(OC)/C(=C\Cc1ccc2nccc(-c3ccnnc3)c2c1)NS(=O)(=O)C1=CC=C(F)C=C(F)C1. The quantitative estimate of drug-likeness (QED) is 0.355. The summed E-state index contributed by atoms with van der Waals surface area (Å²) in [6, 6.07) is 9.45. The molecule has 0 spiro atoms. The van der Waals surface area contributed by atoms with Gasteiger partial charge in [-0.15, -0.1) is 0 Å². The largest absolute Gasteiger partial charge is 0.480 e. The number of nitrogens with zero attached hydrogens (tertiary/aromatic N) is 4. The van der Waals surface area contributed by atoms with Crippen LogP contribution < -0.4 is 4.72 Å². The molecule has 190 valence electrons. The molecule has 3 aromatic rings. The first-order chi connectivity index (χ1) is 17.8. The Bertz CT molecular complexity index is 1580. The zero-order valence-electron chi connectivity index (χ0n) is 20.0. The number of methoxy groups -OCH3 is 1. The van der Waals surface area contributed by atoms with E-state index in [1.54, 1.807) is 24.7 Å². The van der Waals surface area contributed by atoms with Gasteiger partial charge in [-0.3, -0.25) is 14.7 Å². The number of hydrogen-bond donors (Lipinski definition) is 1. The van der Waals surface area contributed by atoms with E-state index in [-0.39, 0.29) is 16.5 Å². The molecule has 1 aliphatic rings. The van der Waals surface area contributed by atoms with Crippen molar-refractivity contribution in [2.45, 2.75) is 12.8 Å². The zero-order valence-corrected chi connectivity index (χ0v) is 20.8. The Labute approximate surface area is 212 Å². The van der Waals surface area contributed by atoms with Gasteiger partial charge in [-0.2, -0.15) is 10.2 Å². The van der Waals surface area contributed by atoms with Crippen molar-refractivity contribution in [3.8, 4) is 11.1 Å². The maximum atomic E-state index is 13.9. The van der Waals surface area contributed by atoms with Gasteiger partial charge in [0.25, 0.3) is 10.0 Å². The molecule has 37 heavy (non-hydrogen) atoms. The van der Waals surface area contributed by atoms with E-state index < -0.39 is 28.1 Å². The maximum absolute atomic E-state index is 13.9. The predicted molar refractivity (Wildman–Crippen MR) is 138 cm³/mol. The van der Waals surface area contributed by atoms with Gasteiger partial charge in [-0.1, -0.05) is 12.1 Å². The molecule has 0 saturated heterocycles. The number of pyridine rings is 1. The second-order valence-electron chi connectivity index (χ2n) is 7.95. The number of rotatable bonds is 7. The lowest BCUT2D eigenvalue weighted by Crippen LogP contribution is -2.29. The fourth-order valence-corrected chi connectivity index (χ4v) is 4.94. The number of ether oxygens (including phenoxy) is 1. The van der Waals surface area contributed by atoms with Crippen LogP contribution in [-0.2, 0) is 21.2 Å². The van der Waals surface area contributed by atoms with E-state index in [1.807, 2.05) is 30.3 Å². The summed E-state index contributed by atoms with van der Waals surface area (Å²) in [5.74, 6) is -1.75. The smallest absolute Gasteiger partial charge is 0.258 e. The Morgan fingerprint density at radius 1 is 1.16 bits per heavy atom. The van der Waals surface area contributed by atoms with Crippen LogP contribution in [0.25, 0.3) is 22.0 Å². The molecule has 0 aliphatic heterocycles. The minimum atomic E-state index is -4.24. The third-order valence-electron chi connectivity index (χ3n) is 5.53. The van der Waals surface area contributed by atoms with E-state index in [0.29, 0.717) is 12.5 Å². The van der Waals surface area contributed by atoms with Crippen LogP contribution in [0.4, 0.5) is 8.78 Å². The molecule has 0 saturated carbocycles. The van der Waals surface area contributed by atoms with Gasteiger partial charge < -0.3 is 4.74 Å². The van der Waals surface area contributed by atoms with Crippen molar-refractivity contribution < 1.29 is 21.9 Å². The molecule has 1 aliphatic carbocycles. The summed E-state index contributed by atoms with van der Waals surface area (Å²) in [5.41, 5.74) is 3.52. The van der Waals surface area contributed by atoms with Crippen LogP contribution in [-0.4, -0.2) is 43.7 Å². The highest BCUT2D eigenvalue weighted by molar-refractivity contribution is 7.93. The number of allylic oxidation sites excluding steroid dienone is 7. The fraction of sp³-hybridized carbons (Fsp3) is 0.154. The van der Waals surface area contributed by atoms with E-state index >= 15 is 0 Å². The van der Waals surface area contributed by atoms with Crippen LogP contribution in [0.1, 0.15) is 12.0 Å². The van der Waals surface area contributed by atoms with Gasteiger partial charge in [0.15, 0.2) is 0 Å². The third kappa shape index (κ3) is 6.12. The summed E-state index contributed by atoms with van der Waals surface area (Å²) in [6.07, 6.45) is 8.89. The minimum absolute atomic E-state index is 0.0292. The van der Waals surface area contributed by atoms with Crippen LogP contribution >= 0.6 is 0 Å². The number of hydrogen-bond acceptors (Lipinski definition) is 7. The molecule has 0 unspecified atom stereocenters. The summed E-state index contributed by atoms with van der Waals surface area (Å²) in [5, 5.41) is 8.66. The number of nitrogens with one attached hydrogen (secondary N) is 1. The van der Waals surface area contributed by atoms with E-state index in [9.17, 15) is 17.2 Å². The van der Waals surface area contributed by atoms with Crippen LogP contribution in [0, 0.1) is 0 Å². The molecule has 0 radical (unpaired) electrons. The van der Waals surface area contributed by atoms with Gasteiger partial charge in [0.2, 0.25) is 5.90 Å². The second kappa shape index (κ2) is 11.2. The average Bonchev–Trinajstić information content (AvgIpc) is 3.08. The summed E-state index contributed by atoms with van der Waals surface area (Å²) in [6.45, 7) is 0. The first-order valence-electron chi connectivity index (χ1n) is 11.1. The molecule has 0 amide bonds. The van der Waals surface area contributed by atoms with Crippen LogP contribution in [0.15, 0.2) is 100 Å². The van der Waals surface area contributed by atoms with Gasteiger partial charge in [0, 0.05) is 36.7 Å². The van der Waals surface area contributed by atoms with Crippen LogP contribution in [0.5, 0.6) is 0 Å². The summed E-state index contributed by atoms with van der Waals surface area (Å²) in [4.78, 5) is 8.09. The molecule has 8 nitrogen and oxygen atoms in total. The highest BCUT2D eigenvalue weighted by Crippen LogP contribution is 2.28. The molecular weight excluding hydrogens is 500 g/mol. The second-order valence-corrected chi connectivity index (χ2v) is 9.69. The monoisotopic (exact) mass is 523 g/mol. The lowest BCUT2D eigenvalue weighted by atomic mass is 10.0. The number of fused-ring (bicyclic) bond motifs is 1. The Kier molecular flexibility index (Phi) is 7.83. The van der Waals surface area contributed by atoms with Crippen molar-refractivity contribution in [2.75, 3.05) is 14.2 Å². The first kappa shape index (κ1) is 25.8. The van der Waals surface area contributed by atoms with Crippen LogP contribution in [0.3, 0.4) is 0 Å². The van der Waals surface area contributed by atoms with Crippen LogP contribution in [0.2, 0.25) is 0 Å². The third-order valence-corrected chi connectivity index (χ3v) is 6.98. The molecule has 2 heterocycles. The van der Waals surface area contributed by atoms with E-state index in [0.717, 1.165) is 39.7 Å². The van der Waals surface area contributed by atoms with Crippen molar-refractivity contribution in [2.24, 2.45) is 4.99 Å². The van der Waals surface area contributed by atoms with Gasteiger partial charge in [-0.05, 0) is 54.0 Å². The van der Waals surface area contributed by atoms with Crippen molar-refractivity contribution in [3.63, 3.8) is 0 Å². The van der Waals surface area contributed by atoms with Crippen molar-refractivity contribution in [1.29, 1.82) is 0 Å².